The first kappa shape index (κ1) is 13.1. The van der Waals surface area contributed by atoms with Crippen molar-refractivity contribution in [3.63, 3.8) is 0 Å². The summed E-state index contributed by atoms with van der Waals surface area (Å²) in [6, 6.07) is 10.4. The number of hydrogen-bond acceptors (Lipinski definition) is 1. The maximum Gasteiger partial charge on any atom is 0.131 e. The first-order valence-electron chi connectivity index (χ1n) is 6.04. The summed E-state index contributed by atoms with van der Waals surface area (Å²) in [5.74, 6) is -0.374. The molecule has 2 rings (SSSR count). The van der Waals surface area contributed by atoms with Gasteiger partial charge in [-0.2, -0.15) is 5.26 Å². The van der Waals surface area contributed by atoms with Gasteiger partial charge in [-0.1, -0.05) is 18.2 Å². The Morgan fingerprint density at radius 1 is 1.32 bits per heavy atom. The molecule has 0 bridgehead atoms. The van der Waals surface area contributed by atoms with E-state index in [1.165, 1.54) is 6.07 Å². The molecule has 3 heteroatoms. The number of allylic oxidation sites excluding steroid dienone is 1. The first-order chi connectivity index (χ1) is 9.04. The SMILES string of the molecule is Cc1cc(/C=C(/C#N)c2ccccc2F)c(C)n1C. The van der Waals surface area contributed by atoms with E-state index in [0.29, 0.717) is 11.1 Å². The van der Waals surface area contributed by atoms with E-state index >= 15 is 0 Å². The largest absolute Gasteiger partial charge is 0.352 e. The van der Waals surface area contributed by atoms with Crippen LogP contribution in [0.2, 0.25) is 0 Å². The third kappa shape index (κ3) is 2.43. The fraction of sp³-hybridized carbons (Fsp3) is 0.188. The summed E-state index contributed by atoms with van der Waals surface area (Å²) in [6.45, 7) is 3.98. The maximum atomic E-state index is 13.7. The Hall–Kier alpha value is -2.34. The fourth-order valence-electron chi connectivity index (χ4n) is 2.04. The number of nitrogens with zero attached hydrogens (tertiary/aromatic N) is 2. The van der Waals surface area contributed by atoms with Crippen molar-refractivity contribution < 1.29 is 4.39 Å². The molecule has 0 amide bonds. The van der Waals surface area contributed by atoms with Gasteiger partial charge in [-0.3, -0.25) is 0 Å². The van der Waals surface area contributed by atoms with Crippen molar-refractivity contribution in [2.45, 2.75) is 13.8 Å². The molecule has 19 heavy (non-hydrogen) atoms. The molecule has 96 valence electrons. The monoisotopic (exact) mass is 254 g/mol. The molecule has 0 saturated heterocycles. The Labute approximate surface area is 112 Å². The highest BCUT2D eigenvalue weighted by Gasteiger charge is 2.09. The molecule has 1 aromatic heterocycles. The van der Waals surface area contributed by atoms with Crippen molar-refractivity contribution in [2.24, 2.45) is 7.05 Å². The lowest BCUT2D eigenvalue weighted by molar-refractivity contribution is 0.624. The molecular formula is C16H15FN2. The van der Waals surface area contributed by atoms with E-state index in [1.807, 2.05) is 31.5 Å². The number of benzene rings is 1. The lowest BCUT2D eigenvalue weighted by atomic mass is 10.0. The van der Waals surface area contributed by atoms with Crippen molar-refractivity contribution in [1.82, 2.24) is 4.57 Å². The lowest BCUT2D eigenvalue weighted by Crippen LogP contribution is -1.93. The Bertz CT molecular complexity index is 687. The number of aromatic nitrogens is 1. The summed E-state index contributed by atoms with van der Waals surface area (Å²) in [4.78, 5) is 0. The normalized spacial score (nSPS) is 11.4. The topological polar surface area (TPSA) is 28.7 Å². The second kappa shape index (κ2) is 5.11. The van der Waals surface area contributed by atoms with E-state index in [4.69, 9.17) is 0 Å². The Morgan fingerprint density at radius 2 is 2.00 bits per heavy atom. The summed E-state index contributed by atoms with van der Waals surface area (Å²) in [6.07, 6.45) is 1.74. The zero-order chi connectivity index (χ0) is 14.0. The van der Waals surface area contributed by atoms with Crippen molar-refractivity contribution in [3.8, 4) is 6.07 Å². The van der Waals surface area contributed by atoms with Crippen LogP contribution in [0.3, 0.4) is 0 Å². The van der Waals surface area contributed by atoms with Crippen LogP contribution < -0.4 is 0 Å². The molecule has 2 nitrogen and oxygen atoms in total. The second-order valence-corrected chi connectivity index (χ2v) is 4.54. The summed E-state index contributed by atoms with van der Waals surface area (Å²) < 4.78 is 15.8. The van der Waals surface area contributed by atoms with Gasteiger partial charge in [-0.25, -0.2) is 4.39 Å². The van der Waals surface area contributed by atoms with Gasteiger partial charge in [0.1, 0.15) is 5.82 Å². The molecule has 0 aliphatic rings. The predicted octanol–water partition coefficient (Wildman–Crippen LogP) is 3.85. The van der Waals surface area contributed by atoms with Gasteiger partial charge >= 0.3 is 0 Å². The Morgan fingerprint density at radius 3 is 2.53 bits per heavy atom. The summed E-state index contributed by atoms with van der Waals surface area (Å²) in [5.41, 5.74) is 3.79. The Balaban J connectivity index is 2.54. The number of hydrogen-bond donors (Lipinski definition) is 0. The van der Waals surface area contributed by atoms with Crippen LogP contribution in [0, 0.1) is 31.0 Å². The highest BCUT2D eigenvalue weighted by Crippen LogP contribution is 2.23. The molecule has 0 aliphatic heterocycles. The van der Waals surface area contributed by atoms with Crippen LogP contribution in [-0.4, -0.2) is 4.57 Å². The van der Waals surface area contributed by atoms with E-state index in [0.717, 1.165) is 17.0 Å². The van der Waals surface area contributed by atoms with E-state index in [9.17, 15) is 9.65 Å². The zero-order valence-corrected chi connectivity index (χ0v) is 11.2. The molecule has 2 aromatic rings. The van der Waals surface area contributed by atoms with Crippen molar-refractivity contribution in [3.05, 3.63) is 58.7 Å². The minimum absolute atomic E-state index is 0.339. The molecule has 0 saturated carbocycles. The Kier molecular flexibility index (Phi) is 3.52. The molecule has 0 spiro atoms. The van der Waals surface area contributed by atoms with Crippen LogP contribution in [0.25, 0.3) is 11.6 Å². The lowest BCUT2D eigenvalue weighted by Gasteiger charge is -2.02. The minimum Gasteiger partial charge on any atom is -0.352 e. The second-order valence-electron chi connectivity index (χ2n) is 4.54. The molecule has 1 heterocycles. The highest BCUT2D eigenvalue weighted by molar-refractivity contribution is 5.90. The van der Waals surface area contributed by atoms with Crippen molar-refractivity contribution >= 4 is 11.6 Å². The van der Waals surface area contributed by atoms with E-state index in [1.54, 1.807) is 24.3 Å². The number of nitriles is 1. The van der Waals surface area contributed by atoms with Crippen LogP contribution in [0.5, 0.6) is 0 Å². The van der Waals surface area contributed by atoms with E-state index in [2.05, 4.69) is 6.07 Å². The predicted molar refractivity (Wildman–Crippen MR) is 74.8 cm³/mol. The van der Waals surface area contributed by atoms with E-state index < -0.39 is 0 Å². The fourth-order valence-corrected chi connectivity index (χ4v) is 2.04. The van der Waals surface area contributed by atoms with Gasteiger partial charge in [0.15, 0.2) is 0 Å². The van der Waals surface area contributed by atoms with Gasteiger partial charge in [0, 0.05) is 24.0 Å². The van der Waals surface area contributed by atoms with Gasteiger partial charge < -0.3 is 4.57 Å². The van der Waals surface area contributed by atoms with Gasteiger partial charge in [-0.05, 0) is 37.6 Å². The van der Waals surface area contributed by atoms with Crippen LogP contribution in [0.15, 0.2) is 30.3 Å². The number of aryl methyl sites for hydroxylation is 1. The molecule has 0 atom stereocenters. The molecular weight excluding hydrogens is 239 g/mol. The molecule has 0 unspecified atom stereocenters. The van der Waals surface area contributed by atoms with Crippen LogP contribution >= 0.6 is 0 Å². The number of halogens is 1. The molecule has 0 N–H and O–H groups in total. The number of rotatable bonds is 2. The van der Waals surface area contributed by atoms with Gasteiger partial charge in [0.2, 0.25) is 0 Å². The summed E-state index contributed by atoms with van der Waals surface area (Å²) in [5, 5.41) is 9.24. The highest BCUT2D eigenvalue weighted by atomic mass is 19.1. The van der Waals surface area contributed by atoms with Gasteiger partial charge in [-0.15, -0.1) is 0 Å². The molecule has 0 aliphatic carbocycles. The van der Waals surface area contributed by atoms with Crippen molar-refractivity contribution in [1.29, 1.82) is 5.26 Å². The molecule has 1 aromatic carbocycles. The van der Waals surface area contributed by atoms with Gasteiger partial charge in [0.05, 0.1) is 11.6 Å². The average molecular weight is 254 g/mol. The van der Waals surface area contributed by atoms with Crippen molar-refractivity contribution in [2.75, 3.05) is 0 Å². The van der Waals surface area contributed by atoms with E-state index in [-0.39, 0.29) is 5.82 Å². The minimum atomic E-state index is -0.374. The quantitative estimate of drug-likeness (QED) is 0.748. The molecule has 0 radical (unpaired) electrons. The third-order valence-corrected chi connectivity index (χ3v) is 3.40. The smallest absolute Gasteiger partial charge is 0.131 e. The van der Waals surface area contributed by atoms with Gasteiger partial charge in [0.25, 0.3) is 0 Å². The zero-order valence-electron chi connectivity index (χ0n) is 11.2. The molecule has 0 fully saturated rings. The van der Waals surface area contributed by atoms with Crippen LogP contribution in [0.4, 0.5) is 4.39 Å². The van der Waals surface area contributed by atoms with Crippen LogP contribution in [0.1, 0.15) is 22.5 Å². The summed E-state index contributed by atoms with van der Waals surface area (Å²) in [7, 11) is 1.97. The standard InChI is InChI=1S/C16H15FN2/c1-11-8-13(12(2)19(11)3)9-14(10-18)15-6-4-5-7-16(15)17/h4-9H,1-3H3/b14-9-. The third-order valence-electron chi connectivity index (χ3n) is 3.40. The average Bonchev–Trinajstić information content (AvgIpc) is 2.64. The first-order valence-corrected chi connectivity index (χ1v) is 6.04. The maximum absolute atomic E-state index is 13.7. The van der Waals surface area contributed by atoms with Crippen LogP contribution in [-0.2, 0) is 7.05 Å². The summed E-state index contributed by atoms with van der Waals surface area (Å²) >= 11 is 0.